The van der Waals surface area contributed by atoms with Crippen molar-refractivity contribution in [3.05, 3.63) is 71.7 Å². The lowest BCUT2D eigenvalue weighted by Crippen LogP contribution is -2.46. The Labute approximate surface area is 228 Å². The molecule has 0 unspecified atom stereocenters. The Bertz CT molecular complexity index is 1480. The molecule has 1 saturated heterocycles. The van der Waals surface area contributed by atoms with Gasteiger partial charge in [-0.25, -0.2) is 9.97 Å². The van der Waals surface area contributed by atoms with Crippen LogP contribution in [0.3, 0.4) is 0 Å². The molecule has 0 saturated carbocycles. The number of aryl methyl sites for hydroxylation is 1. The molecular weight excluding hydrogens is 492 g/mol. The predicted molar refractivity (Wildman–Crippen MR) is 151 cm³/mol. The summed E-state index contributed by atoms with van der Waals surface area (Å²) in [6.45, 7) is 8.25. The number of hydrogen-bond donors (Lipinski definition) is 2. The molecule has 2 N–H and O–H groups in total. The Morgan fingerprint density at radius 1 is 1.03 bits per heavy atom. The topological polar surface area (TPSA) is 95.8 Å². The van der Waals surface area contributed by atoms with Crippen LogP contribution in [-0.4, -0.2) is 76.3 Å². The smallest absolute Gasteiger partial charge is 0.268 e. The maximum Gasteiger partial charge on any atom is 0.268 e. The van der Waals surface area contributed by atoms with E-state index < -0.39 is 0 Å². The van der Waals surface area contributed by atoms with Gasteiger partial charge in [0, 0.05) is 44.8 Å². The number of aromatic nitrogens is 3. The van der Waals surface area contributed by atoms with Crippen LogP contribution in [0.1, 0.15) is 34.5 Å². The van der Waals surface area contributed by atoms with Crippen LogP contribution in [0.15, 0.2) is 54.9 Å². The maximum absolute atomic E-state index is 13.4. The number of para-hydroxylation sites is 2. The third kappa shape index (κ3) is 4.90. The summed E-state index contributed by atoms with van der Waals surface area (Å²) in [6.07, 6.45) is 4.22. The standard InChI is InChI=1S/C30H34N6O3/c1-21-25-28(32-20-33-29(25)37)36(23-9-3-2-4-10-23)26(21)30(38)31-13-5-6-14-34-15-17-35(18-16-34)24-11-7-8-22-12-19-39-27(22)24/h2-4,7-11,20H,5-6,12-19H2,1H3,(H,31,38)(H,32,33,37). The molecule has 202 valence electrons. The number of rotatable bonds is 8. The average molecular weight is 527 g/mol. The van der Waals surface area contributed by atoms with Gasteiger partial charge in [0.25, 0.3) is 5.91 Å². The van der Waals surface area contributed by atoms with Gasteiger partial charge in [0.15, 0.2) is 5.65 Å². The monoisotopic (exact) mass is 526 g/mol. The molecule has 1 amide bonds. The van der Waals surface area contributed by atoms with Crippen molar-refractivity contribution in [3.8, 4) is 17.3 Å². The summed E-state index contributed by atoms with van der Waals surface area (Å²) >= 11 is 0. The lowest BCUT2D eigenvalue weighted by Gasteiger charge is -2.36. The van der Waals surface area contributed by atoms with Gasteiger partial charge in [0.2, 0.25) is 5.88 Å². The van der Waals surface area contributed by atoms with Crippen LogP contribution in [0.4, 0.5) is 5.69 Å². The maximum atomic E-state index is 13.4. The number of benzene rings is 2. The molecule has 1 fully saturated rings. The highest BCUT2D eigenvalue weighted by Gasteiger charge is 2.25. The van der Waals surface area contributed by atoms with E-state index in [-0.39, 0.29) is 11.8 Å². The number of unbranched alkanes of at least 4 members (excludes halogenated alkanes) is 1. The minimum absolute atomic E-state index is 0.120. The second kappa shape index (κ2) is 10.9. The number of fused-ring (bicyclic) bond motifs is 2. The summed E-state index contributed by atoms with van der Waals surface area (Å²) in [5.74, 6) is 0.774. The van der Waals surface area contributed by atoms with Crippen LogP contribution in [0.5, 0.6) is 11.6 Å². The zero-order valence-electron chi connectivity index (χ0n) is 22.3. The number of hydrogen-bond acceptors (Lipinski definition) is 7. The number of anilines is 1. The quantitative estimate of drug-likeness (QED) is 0.338. The summed E-state index contributed by atoms with van der Waals surface area (Å²) in [4.78, 5) is 26.6. The zero-order chi connectivity index (χ0) is 26.8. The van der Waals surface area contributed by atoms with E-state index in [4.69, 9.17) is 4.74 Å². The lowest BCUT2D eigenvalue weighted by molar-refractivity contribution is 0.0945. The van der Waals surface area contributed by atoms with Gasteiger partial charge in [-0.2, -0.15) is 0 Å². The van der Waals surface area contributed by atoms with Crippen LogP contribution in [0.2, 0.25) is 0 Å². The molecule has 9 heteroatoms. The molecule has 0 radical (unpaired) electrons. The van der Waals surface area contributed by atoms with Crippen LogP contribution >= 0.6 is 0 Å². The molecule has 0 aliphatic carbocycles. The van der Waals surface area contributed by atoms with E-state index >= 15 is 0 Å². The highest BCUT2D eigenvalue weighted by atomic mass is 16.5. The van der Waals surface area contributed by atoms with Gasteiger partial charge in [-0.15, -0.1) is 0 Å². The van der Waals surface area contributed by atoms with Gasteiger partial charge in [-0.05, 0) is 55.6 Å². The fourth-order valence-corrected chi connectivity index (χ4v) is 5.77. The zero-order valence-corrected chi connectivity index (χ0v) is 22.3. The van der Waals surface area contributed by atoms with Crippen molar-refractivity contribution < 1.29 is 14.6 Å². The van der Waals surface area contributed by atoms with Crippen LogP contribution in [0, 0.1) is 6.92 Å². The Kier molecular flexibility index (Phi) is 7.06. The Morgan fingerprint density at radius 3 is 2.67 bits per heavy atom. The Balaban J connectivity index is 1.03. The van der Waals surface area contributed by atoms with Crippen molar-refractivity contribution in [1.29, 1.82) is 0 Å². The van der Waals surface area contributed by atoms with Crippen molar-refractivity contribution in [2.45, 2.75) is 26.2 Å². The van der Waals surface area contributed by atoms with Crippen LogP contribution in [0.25, 0.3) is 16.7 Å². The summed E-state index contributed by atoms with van der Waals surface area (Å²) in [5, 5.41) is 14.0. The highest BCUT2D eigenvalue weighted by molar-refractivity contribution is 6.03. The minimum Gasteiger partial charge on any atom is -0.493 e. The summed E-state index contributed by atoms with van der Waals surface area (Å²) in [5.41, 5.74) is 5.01. The molecule has 9 nitrogen and oxygen atoms in total. The first-order valence-electron chi connectivity index (χ1n) is 13.7. The second-order valence-electron chi connectivity index (χ2n) is 10.2. The van der Waals surface area contributed by atoms with E-state index in [9.17, 15) is 9.90 Å². The summed E-state index contributed by atoms with van der Waals surface area (Å²) in [7, 11) is 0. The third-order valence-corrected chi connectivity index (χ3v) is 7.80. The van der Waals surface area contributed by atoms with Crippen LogP contribution < -0.4 is 15.0 Å². The molecule has 0 spiro atoms. The number of amides is 1. The van der Waals surface area contributed by atoms with E-state index in [1.165, 1.54) is 17.6 Å². The number of nitrogens with zero attached hydrogens (tertiary/aromatic N) is 5. The third-order valence-electron chi connectivity index (χ3n) is 7.80. The molecule has 4 heterocycles. The van der Waals surface area contributed by atoms with Crippen molar-refractivity contribution in [2.24, 2.45) is 0 Å². The van der Waals surface area contributed by atoms with E-state index in [1.54, 1.807) is 4.57 Å². The van der Waals surface area contributed by atoms with E-state index in [0.717, 1.165) is 70.0 Å². The average Bonchev–Trinajstić information content (AvgIpc) is 3.57. The first-order chi connectivity index (χ1) is 19.1. The van der Waals surface area contributed by atoms with Gasteiger partial charge in [0.05, 0.1) is 17.7 Å². The largest absolute Gasteiger partial charge is 0.493 e. The van der Waals surface area contributed by atoms with Crippen molar-refractivity contribution in [1.82, 2.24) is 24.8 Å². The van der Waals surface area contributed by atoms with Gasteiger partial charge in [0.1, 0.15) is 17.8 Å². The molecule has 6 rings (SSSR count). The second-order valence-corrected chi connectivity index (χ2v) is 10.2. The summed E-state index contributed by atoms with van der Waals surface area (Å²) in [6, 6.07) is 16.1. The first-order valence-corrected chi connectivity index (χ1v) is 13.7. The van der Waals surface area contributed by atoms with E-state index in [2.05, 4.69) is 43.3 Å². The molecule has 0 bridgehead atoms. The summed E-state index contributed by atoms with van der Waals surface area (Å²) < 4.78 is 7.70. The molecule has 0 atom stereocenters. The fourth-order valence-electron chi connectivity index (χ4n) is 5.77. The molecule has 2 aromatic heterocycles. The molecular formula is C30H34N6O3. The Hall–Kier alpha value is -4.11. The minimum atomic E-state index is -0.181. The lowest BCUT2D eigenvalue weighted by atomic mass is 10.1. The fraction of sp³-hybridized carbons (Fsp3) is 0.367. The van der Waals surface area contributed by atoms with Crippen molar-refractivity contribution >= 4 is 22.6 Å². The predicted octanol–water partition coefficient (Wildman–Crippen LogP) is 3.70. The molecule has 2 aliphatic heterocycles. The van der Waals surface area contributed by atoms with Gasteiger partial charge < -0.3 is 20.1 Å². The van der Waals surface area contributed by atoms with Crippen LogP contribution in [-0.2, 0) is 6.42 Å². The normalized spacial score (nSPS) is 15.4. The number of ether oxygens (including phenoxy) is 1. The number of nitrogens with one attached hydrogen (secondary N) is 1. The van der Waals surface area contributed by atoms with Crippen molar-refractivity contribution in [3.63, 3.8) is 0 Å². The van der Waals surface area contributed by atoms with Crippen molar-refractivity contribution in [2.75, 3.05) is 50.8 Å². The van der Waals surface area contributed by atoms with Gasteiger partial charge >= 0.3 is 0 Å². The Morgan fingerprint density at radius 2 is 1.85 bits per heavy atom. The molecule has 2 aliphatic rings. The number of piperazine rings is 1. The van der Waals surface area contributed by atoms with Gasteiger partial charge in [-0.1, -0.05) is 30.3 Å². The number of carbonyl (C=O) groups is 1. The first kappa shape index (κ1) is 25.2. The van der Waals surface area contributed by atoms with E-state index in [1.807, 2.05) is 37.3 Å². The number of carbonyl (C=O) groups excluding carboxylic acids is 1. The molecule has 2 aromatic carbocycles. The molecule has 39 heavy (non-hydrogen) atoms. The highest BCUT2D eigenvalue weighted by Crippen LogP contribution is 2.36. The van der Waals surface area contributed by atoms with E-state index in [0.29, 0.717) is 28.8 Å². The molecule has 4 aromatic rings. The SMILES string of the molecule is Cc1c(C(=O)NCCCCN2CCN(c3cccc4c3OCC4)CC2)n(-c2ccccc2)c2ncnc(O)c12. The van der Waals surface area contributed by atoms with Gasteiger partial charge in [-0.3, -0.25) is 14.3 Å². The number of aromatic hydroxyl groups is 1.